The standard InChI is InChI=1S/C55H92N4O41/c1-15(69)57-27-19(72)4-55(54(85)86,99-44(27)30(74)20(73)6-61)100-47-34(78)24(10-65)91-53(40(47)84)96-43-29(59-17(3)71)49(88-21(7-62)31(43)75)98-46-33(77)23(9-64)89-51(39(46)83)94-41-25(11-66)92-48(28(35(41)79)58-16(2)70)97-45-32(76)22(8-63)90-52(38(45)82)95-42-26(12-67)93-50(37(81)36(42)80)87-13-18(5-60)56-14-68/h14,18-53,60-67,72-84H,4-13H2,1-3H3,(H,56,68)(H,57,69)(H,58,70)(H,59,71)(H,85,86)/p-1/t18-,19+,20-,21-,22-,23-,24-,25-,26-,27-,28-,29-,30-,31-,32+,33+,34+,35-,36-,37-,38-,39-,40-,41-,42-,43-,44-,45+,46+,47+,48+,49+,50-,51+,52+,53+,55+/m1/s1. The molecular formula is C55H91N4O41-. The van der Waals surface area contributed by atoms with Crippen molar-refractivity contribution in [2.45, 2.75) is 254 Å². The molecule has 0 bridgehead atoms. The number of carbonyl (C=O) groups is 5. The fourth-order valence-electron chi connectivity index (χ4n) is 12.5. The molecule has 0 aromatic carbocycles. The van der Waals surface area contributed by atoms with Crippen LogP contribution in [-0.2, 0) is 90.3 Å². The number of carboxylic acid groups (broad SMARTS) is 1. The summed E-state index contributed by atoms with van der Waals surface area (Å²) in [5, 5.41) is 253. The first-order chi connectivity index (χ1) is 47.3. The summed E-state index contributed by atoms with van der Waals surface area (Å²) < 4.78 is 80.8. The number of aliphatic hydroxyl groups is 21. The van der Waals surface area contributed by atoms with Gasteiger partial charge in [-0.15, -0.1) is 0 Å². The number of ether oxygens (including phenoxy) is 14. The maximum atomic E-state index is 13.1. The summed E-state index contributed by atoms with van der Waals surface area (Å²) in [6, 6.07) is -6.65. The van der Waals surface area contributed by atoms with Crippen LogP contribution in [0.15, 0.2) is 0 Å². The van der Waals surface area contributed by atoms with Crippen LogP contribution in [0.1, 0.15) is 27.2 Å². The number of carbonyl (C=O) groups excluding carboxylic acids is 5. The highest BCUT2D eigenvalue weighted by Gasteiger charge is 2.61. The van der Waals surface area contributed by atoms with E-state index in [9.17, 15) is 136 Å². The molecule has 578 valence electrons. The Hall–Kier alpha value is -4.05. The predicted octanol–water partition coefficient (Wildman–Crippen LogP) is -18.8. The van der Waals surface area contributed by atoms with Crippen molar-refractivity contribution < 1.29 is 203 Å². The van der Waals surface area contributed by atoms with Gasteiger partial charge in [0.2, 0.25) is 29.9 Å². The average Bonchev–Trinajstić information content (AvgIpc) is 0.761. The van der Waals surface area contributed by atoms with Gasteiger partial charge >= 0.3 is 0 Å². The van der Waals surface area contributed by atoms with E-state index in [4.69, 9.17) is 66.3 Å². The molecule has 0 aliphatic carbocycles. The number of nitrogens with one attached hydrogen (secondary N) is 4. The Bertz CT molecular complexity index is 2600. The Labute approximate surface area is 565 Å². The Kier molecular flexibility index (Phi) is 30.6. The maximum Gasteiger partial charge on any atom is 0.217 e. The molecule has 45 heteroatoms. The Morgan fingerprint density at radius 3 is 1.28 bits per heavy atom. The minimum Gasteiger partial charge on any atom is -0.544 e. The van der Waals surface area contributed by atoms with Gasteiger partial charge in [-0.25, -0.2) is 0 Å². The SMILES string of the molecule is CC(=O)N[C@H]1[C@H](O[C@H]2[C@@H](O)[C@@H](CO)O[C@@H](O[C@H]3[C@H](O)[C@@H](O)[C@H](OC[C@@H](CO)NC=O)O[C@@H]3CO)[C@@H]2O)O[C@H](CO)[C@@H](O[C@@H]2O[C@H](CO)[C@H](O)[C@H](O[C@@H]3O[C@H](CO)[C@@H](O)[C@H](O[C@@H]4O[C@H](CO)[C@H](O)[C@H](O[C@]5(C(=O)[O-])C[C@H](O)[C@@H](NC(C)=O)[C@H]([C@H](O)[C@H](O)CO)O5)[C@H]4O)[C@H]3NC(C)=O)[C@H]2O)[C@@H]1O. The van der Waals surface area contributed by atoms with Gasteiger partial charge in [-0.3, -0.25) is 19.2 Å². The fraction of sp³-hybridized carbons (Fsp3) is 0.909. The van der Waals surface area contributed by atoms with Crippen molar-refractivity contribution in [1.82, 2.24) is 21.3 Å². The molecular weight excluding hydrogens is 1370 g/mol. The highest BCUT2D eigenvalue weighted by atomic mass is 16.8. The molecule has 37 atom stereocenters. The zero-order chi connectivity index (χ0) is 74.1. The number of hydrogen-bond acceptors (Lipinski definition) is 41. The van der Waals surface area contributed by atoms with E-state index in [2.05, 4.69) is 21.3 Å². The van der Waals surface area contributed by atoms with Crippen LogP contribution < -0.4 is 26.4 Å². The second-order valence-corrected chi connectivity index (χ2v) is 24.7. The van der Waals surface area contributed by atoms with Crippen molar-refractivity contribution in [2.24, 2.45) is 0 Å². The second kappa shape index (κ2) is 36.8. The highest BCUT2D eigenvalue weighted by Crippen LogP contribution is 2.41. The van der Waals surface area contributed by atoms with E-state index in [0.29, 0.717) is 0 Å². The van der Waals surface area contributed by atoms with Crippen LogP contribution in [0, 0.1) is 0 Å². The van der Waals surface area contributed by atoms with Crippen molar-refractivity contribution in [2.75, 3.05) is 59.5 Å². The summed E-state index contributed by atoms with van der Waals surface area (Å²) in [5.74, 6) is -8.56. The summed E-state index contributed by atoms with van der Waals surface area (Å²) in [7, 11) is 0. The Morgan fingerprint density at radius 1 is 0.460 bits per heavy atom. The first kappa shape index (κ1) is 83.2. The van der Waals surface area contributed by atoms with Gasteiger partial charge in [0.1, 0.15) is 171 Å². The predicted molar refractivity (Wildman–Crippen MR) is 305 cm³/mol. The largest absolute Gasteiger partial charge is 0.544 e. The molecule has 7 heterocycles. The Balaban J connectivity index is 1.11. The third-order valence-electron chi connectivity index (χ3n) is 17.7. The van der Waals surface area contributed by atoms with Crippen LogP contribution in [0.3, 0.4) is 0 Å². The third-order valence-corrected chi connectivity index (χ3v) is 17.7. The summed E-state index contributed by atoms with van der Waals surface area (Å²) in [4.78, 5) is 62.0. The van der Waals surface area contributed by atoms with E-state index in [1.807, 2.05) is 0 Å². The van der Waals surface area contributed by atoms with E-state index < -0.39 is 316 Å². The first-order valence-electron chi connectivity index (χ1n) is 31.4. The van der Waals surface area contributed by atoms with Crippen LogP contribution in [0.5, 0.6) is 0 Å². The van der Waals surface area contributed by atoms with Gasteiger partial charge in [0.25, 0.3) is 0 Å². The van der Waals surface area contributed by atoms with Crippen molar-refractivity contribution in [3.05, 3.63) is 0 Å². The summed E-state index contributed by atoms with van der Waals surface area (Å²) >= 11 is 0. The number of hydrogen-bond donors (Lipinski definition) is 25. The van der Waals surface area contributed by atoms with Crippen LogP contribution >= 0.6 is 0 Å². The summed E-state index contributed by atoms with van der Waals surface area (Å²) in [5.41, 5.74) is 0. The Morgan fingerprint density at radius 2 is 0.840 bits per heavy atom. The molecule has 0 saturated carbocycles. The summed E-state index contributed by atoms with van der Waals surface area (Å²) in [6.07, 6.45) is -68.3. The molecule has 0 unspecified atom stereocenters. The fourth-order valence-corrected chi connectivity index (χ4v) is 12.5. The van der Waals surface area contributed by atoms with Gasteiger partial charge in [-0.2, -0.15) is 0 Å². The summed E-state index contributed by atoms with van der Waals surface area (Å²) in [6.45, 7) is -6.18. The van der Waals surface area contributed by atoms with Gasteiger partial charge in [0.15, 0.2) is 37.7 Å². The van der Waals surface area contributed by atoms with Crippen molar-refractivity contribution in [3.8, 4) is 0 Å². The molecule has 7 aliphatic heterocycles. The molecule has 7 rings (SSSR count). The second-order valence-electron chi connectivity index (χ2n) is 24.7. The monoisotopic (exact) mass is 1460 g/mol. The highest BCUT2D eigenvalue weighted by molar-refractivity contribution is 5.75. The van der Waals surface area contributed by atoms with Gasteiger partial charge in [0.05, 0.1) is 77.6 Å². The molecule has 0 aromatic rings. The van der Waals surface area contributed by atoms with E-state index in [1.165, 1.54) is 0 Å². The van der Waals surface area contributed by atoms with Crippen molar-refractivity contribution in [1.29, 1.82) is 0 Å². The minimum atomic E-state index is -3.38. The lowest BCUT2D eigenvalue weighted by Crippen LogP contribution is -2.72. The molecule has 25 N–H and O–H groups in total. The van der Waals surface area contributed by atoms with Crippen molar-refractivity contribution in [3.63, 3.8) is 0 Å². The van der Waals surface area contributed by atoms with Crippen LogP contribution in [0.25, 0.3) is 0 Å². The molecule has 0 aromatic heterocycles. The van der Waals surface area contributed by atoms with Crippen molar-refractivity contribution >= 4 is 30.1 Å². The lowest BCUT2D eigenvalue weighted by molar-refractivity contribution is -0.411. The van der Waals surface area contributed by atoms with Crippen LogP contribution in [-0.4, -0.2) is 423 Å². The van der Waals surface area contributed by atoms with Crippen LogP contribution in [0.4, 0.5) is 0 Å². The number of rotatable bonds is 31. The topological polar surface area (TPSA) is 711 Å². The van der Waals surface area contributed by atoms with E-state index in [-0.39, 0.29) is 6.41 Å². The lowest BCUT2D eigenvalue weighted by Gasteiger charge is -2.52. The van der Waals surface area contributed by atoms with Crippen LogP contribution in [0.2, 0.25) is 0 Å². The molecule has 7 fully saturated rings. The molecule has 4 amide bonds. The van der Waals surface area contributed by atoms with Gasteiger partial charge in [-0.1, -0.05) is 0 Å². The molecule has 7 aliphatic rings. The molecule has 7 saturated heterocycles. The zero-order valence-electron chi connectivity index (χ0n) is 53.5. The lowest BCUT2D eigenvalue weighted by atomic mass is 9.88. The normalized spacial score (nSPS) is 45.0. The molecule has 45 nitrogen and oxygen atoms in total. The average molecular weight is 1460 g/mol. The smallest absolute Gasteiger partial charge is 0.217 e. The van der Waals surface area contributed by atoms with Gasteiger partial charge in [-0.05, 0) is 0 Å². The minimum absolute atomic E-state index is 0.256. The number of amides is 4. The molecule has 0 spiro atoms. The number of aliphatic carboxylic acids is 1. The van der Waals surface area contributed by atoms with E-state index >= 15 is 0 Å². The van der Waals surface area contributed by atoms with E-state index in [0.717, 1.165) is 20.8 Å². The molecule has 100 heavy (non-hydrogen) atoms. The quantitative estimate of drug-likeness (QED) is 0.0287. The number of carboxylic acids is 1. The number of aliphatic hydroxyl groups excluding tert-OH is 21. The zero-order valence-corrected chi connectivity index (χ0v) is 53.5. The van der Waals surface area contributed by atoms with Gasteiger partial charge < -0.3 is 205 Å². The first-order valence-corrected chi connectivity index (χ1v) is 31.4. The van der Waals surface area contributed by atoms with Gasteiger partial charge in [0, 0.05) is 27.2 Å². The third kappa shape index (κ3) is 18.6. The molecule has 0 radical (unpaired) electrons. The maximum absolute atomic E-state index is 13.1. The van der Waals surface area contributed by atoms with E-state index in [1.54, 1.807) is 0 Å².